The molecule has 1 rings (SSSR count). The number of benzene rings is 1. The number of aromatic hydroxyl groups is 1. The Bertz CT molecular complexity index is 368. The van der Waals surface area contributed by atoms with Gasteiger partial charge in [-0.3, -0.25) is 0 Å². The van der Waals surface area contributed by atoms with Crippen LogP contribution < -0.4 is 5.73 Å². The van der Waals surface area contributed by atoms with Gasteiger partial charge in [0.1, 0.15) is 5.75 Å². The summed E-state index contributed by atoms with van der Waals surface area (Å²) in [5, 5.41) is 9.87. The minimum Gasteiger partial charge on any atom is -0.507 e. The quantitative estimate of drug-likeness (QED) is 0.830. The second-order valence-corrected chi connectivity index (χ2v) is 4.55. The van der Waals surface area contributed by atoms with Crippen molar-refractivity contribution in [3.8, 4) is 5.75 Å². The number of phenolic OH excluding ortho intramolecular Hbond substituents is 1. The first-order valence-electron chi connectivity index (χ1n) is 4.91. The molecule has 90 valence electrons. The maximum absolute atomic E-state index is 9.87. The lowest BCUT2D eigenvalue weighted by Gasteiger charge is -2.14. The lowest BCUT2D eigenvalue weighted by atomic mass is 10.00. The second kappa shape index (κ2) is 6.94. The summed E-state index contributed by atoms with van der Waals surface area (Å²) >= 11 is 3.40. The number of rotatable bonds is 4. The fourth-order valence-electron chi connectivity index (χ4n) is 1.50. The first-order chi connectivity index (χ1) is 7.06. The Hall–Kier alpha value is -0.510. The summed E-state index contributed by atoms with van der Waals surface area (Å²) < 4.78 is 0.946. The van der Waals surface area contributed by atoms with Crippen molar-refractivity contribution in [3.05, 3.63) is 40.4 Å². The van der Waals surface area contributed by atoms with Gasteiger partial charge < -0.3 is 10.8 Å². The first kappa shape index (κ1) is 15.5. The minimum absolute atomic E-state index is 0. The van der Waals surface area contributed by atoms with E-state index in [1.807, 2.05) is 25.1 Å². The Labute approximate surface area is 111 Å². The van der Waals surface area contributed by atoms with Crippen LogP contribution in [0.15, 0.2) is 29.3 Å². The Morgan fingerprint density at radius 1 is 1.56 bits per heavy atom. The van der Waals surface area contributed by atoms with E-state index in [-0.39, 0.29) is 18.4 Å². The number of hydrogen-bond acceptors (Lipinski definition) is 2. The van der Waals surface area contributed by atoms with Crippen LogP contribution in [0.5, 0.6) is 5.75 Å². The predicted octanol–water partition coefficient (Wildman–Crippen LogP) is 3.85. The van der Waals surface area contributed by atoms with Crippen LogP contribution in [0.2, 0.25) is 0 Å². The van der Waals surface area contributed by atoms with Crippen molar-refractivity contribution < 1.29 is 5.11 Å². The molecule has 0 fully saturated rings. The molecule has 0 saturated carbocycles. The summed E-state index contributed by atoms with van der Waals surface area (Å²) in [6.45, 7) is 5.52. The van der Waals surface area contributed by atoms with Gasteiger partial charge in [-0.25, -0.2) is 0 Å². The Morgan fingerprint density at radius 3 is 2.75 bits per heavy atom. The molecule has 0 aliphatic heterocycles. The van der Waals surface area contributed by atoms with Crippen LogP contribution in [0.4, 0.5) is 0 Å². The highest BCUT2D eigenvalue weighted by atomic mass is 79.9. The fraction of sp³-hybridized carbons (Fsp3) is 0.333. The molecule has 0 saturated heterocycles. The van der Waals surface area contributed by atoms with Gasteiger partial charge in [0.2, 0.25) is 0 Å². The molecule has 1 aromatic rings. The Kier molecular flexibility index (Phi) is 6.72. The highest BCUT2D eigenvalue weighted by Crippen LogP contribution is 2.32. The largest absolute Gasteiger partial charge is 0.507 e. The van der Waals surface area contributed by atoms with E-state index in [9.17, 15) is 5.11 Å². The number of nitrogens with two attached hydrogens (primary N) is 1. The second-order valence-electron chi connectivity index (χ2n) is 3.63. The number of allylic oxidation sites excluding steroid dienone is 1. The molecule has 0 unspecified atom stereocenters. The standard InChI is InChI=1S/C12H16BrNO.ClH/c1-3-4-5-11(14)10-7-9(13)6-8(2)12(10)15;/h3,6-7,11,15H,1,4-5,14H2,2H3;1H/t11-;/m1./s1. The number of hydrogen-bond donors (Lipinski definition) is 2. The predicted molar refractivity (Wildman–Crippen MR) is 74.2 cm³/mol. The van der Waals surface area contributed by atoms with Crippen LogP contribution in [0.25, 0.3) is 0 Å². The van der Waals surface area contributed by atoms with E-state index < -0.39 is 0 Å². The van der Waals surface area contributed by atoms with Crippen molar-refractivity contribution in [2.24, 2.45) is 5.73 Å². The van der Waals surface area contributed by atoms with Crippen molar-refractivity contribution in [1.82, 2.24) is 0 Å². The third-order valence-electron chi connectivity index (χ3n) is 2.38. The van der Waals surface area contributed by atoms with E-state index in [2.05, 4.69) is 22.5 Å². The van der Waals surface area contributed by atoms with Crippen molar-refractivity contribution in [3.63, 3.8) is 0 Å². The van der Waals surface area contributed by atoms with E-state index in [1.54, 1.807) is 0 Å². The van der Waals surface area contributed by atoms with Gasteiger partial charge in [-0.15, -0.1) is 19.0 Å². The Morgan fingerprint density at radius 2 is 2.19 bits per heavy atom. The smallest absolute Gasteiger partial charge is 0.123 e. The minimum atomic E-state index is -0.140. The van der Waals surface area contributed by atoms with Gasteiger partial charge in [-0.05, 0) is 37.5 Å². The number of aryl methyl sites for hydroxylation is 1. The molecule has 0 radical (unpaired) electrons. The maximum atomic E-state index is 9.87. The molecule has 0 spiro atoms. The summed E-state index contributed by atoms with van der Waals surface area (Å²) in [4.78, 5) is 0. The van der Waals surface area contributed by atoms with Crippen LogP contribution >= 0.6 is 28.3 Å². The lowest BCUT2D eigenvalue weighted by Crippen LogP contribution is -2.10. The number of halogens is 2. The summed E-state index contributed by atoms with van der Waals surface area (Å²) in [7, 11) is 0. The molecule has 0 aromatic heterocycles. The zero-order valence-electron chi connectivity index (χ0n) is 9.24. The topological polar surface area (TPSA) is 46.2 Å². The molecular weight excluding hydrogens is 289 g/mol. The van der Waals surface area contributed by atoms with Gasteiger partial charge in [-0.1, -0.05) is 22.0 Å². The summed E-state index contributed by atoms with van der Waals surface area (Å²) in [6.07, 6.45) is 3.49. The van der Waals surface area contributed by atoms with Crippen molar-refractivity contribution in [2.45, 2.75) is 25.8 Å². The molecule has 16 heavy (non-hydrogen) atoms. The highest BCUT2D eigenvalue weighted by Gasteiger charge is 2.12. The van der Waals surface area contributed by atoms with Gasteiger partial charge in [0.15, 0.2) is 0 Å². The molecule has 0 bridgehead atoms. The normalized spacial score (nSPS) is 11.7. The van der Waals surface area contributed by atoms with Crippen LogP contribution in [-0.4, -0.2) is 5.11 Å². The maximum Gasteiger partial charge on any atom is 0.123 e. The zero-order chi connectivity index (χ0) is 11.4. The molecule has 1 aromatic carbocycles. The van der Waals surface area contributed by atoms with E-state index in [1.165, 1.54) is 0 Å². The molecule has 0 heterocycles. The highest BCUT2D eigenvalue weighted by molar-refractivity contribution is 9.10. The van der Waals surface area contributed by atoms with Crippen LogP contribution in [0.3, 0.4) is 0 Å². The van der Waals surface area contributed by atoms with Gasteiger partial charge >= 0.3 is 0 Å². The SMILES string of the molecule is C=CCC[C@@H](N)c1cc(Br)cc(C)c1O.Cl. The van der Waals surface area contributed by atoms with Gasteiger partial charge in [0, 0.05) is 16.1 Å². The van der Waals surface area contributed by atoms with E-state index in [4.69, 9.17) is 5.73 Å². The monoisotopic (exact) mass is 305 g/mol. The van der Waals surface area contributed by atoms with Crippen LogP contribution in [0.1, 0.15) is 30.0 Å². The number of phenols is 1. The van der Waals surface area contributed by atoms with Gasteiger partial charge in [-0.2, -0.15) is 0 Å². The van der Waals surface area contributed by atoms with Crippen molar-refractivity contribution >= 4 is 28.3 Å². The van der Waals surface area contributed by atoms with Crippen LogP contribution in [-0.2, 0) is 0 Å². The van der Waals surface area contributed by atoms with Gasteiger partial charge in [0.25, 0.3) is 0 Å². The molecule has 0 aliphatic rings. The van der Waals surface area contributed by atoms with E-state index in [0.717, 1.165) is 28.4 Å². The van der Waals surface area contributed by atoms with Gasteiger partial charge in [0.05, 0.1) is 0 Å². The van der Waals surface area contributed by atoms with Crippen molar-refractivity contribution in [2.75, 3.05) is 0 Å². The lowest BCUT2D eigenvalue weighted by molar-refractivity contribution is 0.454. The average Bonchev–Trinajstić information content (AvgIpc) is 2.19. The van der Waals surface area contributed by atoms with Crippen LogP contribution in [0, 0.1) is 6.92 Å². The summed E-state index contributed by atoms with van der Waals surface area (Å²) in [6, 6.07) is 3.61. The average molecular weight is 307 g/mol. The van der Waals surface area contributed by atoms with E-state index in [0.29, 0.717) is 5.75 Å². The van der Waals surface area contributed by atoms with Crippen molar-refractivity contribution in [1.29, 1.82) is 0 Å². The van der Waals surface area contributed by atoms with E-state index >= 15 is 0 Å². The Balaban J connectivity index is 0.00000225. The molecule has 3 N–H and O–H groups in total. The summed E-state index contributed by atoms with van der Waals surface area (Å²) in [5.41, 5.74) is 7.63. The third-order valence-corrected chi connectivity index (χ3v) is 2.83. The molecular formula is C12H17BrClNO. The fourth-order valence-corrected chi connectivity index (χ4v) is 2.09. The summed E-state index contributed by atoms with van der Waals surface area (Å²) in [5.74, 6) is 0.301. The first-order valence-corrected chi connectivity index (χ1v) is 5.71. The molecule has 4 heteroatoms. The third kappa shape index (κ3) is 3.81. The zero-order valence-corrected chi connectivity index (χ0v) is 11.6. The molecule has 1 atom stereocenters. The molecule has 0 aliphatic carbocycles. The molecule has 0 amide bonds. The molecule has 2 nitrogen and oxygen atoms in total.